The van der Waals surface area contributed by atoms with Crippen LogP contribution in [0, 0.1) is 0 Å². The topological polar surface area (TPSA) is 36.9 Å². The second kappa shape index (κ2) is 7.12. The quantitative estimate of drug-likeness (QED) is 0.655. The van der Waals surface area contributed by atoms with Crippen LogP contribution in [0.3, 0.4) is 0 Å². The van der Waals surface area contributed by atoms with Crippen LogP contribution in [0.4, 0.5) is 0 Å². The maximum absolute atomic E-state index is 5.84. The summed E-state index contributed by atoms with van der Waals surface area (Å²) in [7, 11) is -4.22. The van der Waals surface area contributed by atoms with Crippen molar-refractivity contribution >= 4 is 36.2 Å². The van der Waals surface area contributed by atoms with E-state index in [1.165, 1.54) is 0 Å². The first-order chi connectivity index (χ1) is 6.76. The van der Waals surface area contributed by atoms with Gasteiger partial charge < -0.3 is 16.8 Å². The van der Waals surface area contributed by atoms with Crippen molar-refractivity contribution in [3.63, 3.8) is 0 Å². The van der Waals surface area contributed by atoms with Gasteiger partial charge in [0.05, 0.1) is 0 Å². The Morgan fingerprint density at radius 1 is 0.867 bits per heavy atom. The molecule has 0 aliphatic carbocycles. The summed E-state index contributed by atoms with van der Waals surface area (Å²) in [6, 6.07) is 0. The Balaban J connectivity index is 3.87. The van der Waals surface area contributed by atoms with Crippen LogP contribution in [-0.2, 0) is 16.8 Å². The summed E-state index contributed by atoms with van der Waals surface area (Å²) in [5.41, 5.74) is 0. The minimum Gasteiger partial charge on any atom is -0.442 e. The molecule has 0 spiro atoms. The normalized spacial score (nSPS) is 16.8. The molecule has 0 rings (SSSR count). The maximum Gasteiger partial charge on any atom is 0.322 e. The smallest absolute Gasteiger partial charge is 0.322 e. The maximum atomic E-state index is 5.84. The molecule has 0 aromatic rings. The number of rotatable bonds is 7. The standard InChI is InChI=1S/C7H24O4Si4/c1-8-15(6,7)11-14(5)10-13(4)9-12(2)3/h12-14H,1-7H3. The summed E-state index contributed by atoms with van der Waals surface area (Å²) in [5, 5.41) is 0. The van der Waals surface area contributed by atoms with Gasteiger partial charge in [-0.15, -0.1) is 0 Å². The number of hydrogen-bond acceptors (Lipinski definition) is 4. The first-order valence-corrected chi connectivity index (χ1v) is 15.1. The Labute approximate surface area is 99.6 Å². The van der Waals surface area contributed by atoms with Crippen molar-refractivity contribution in [2.45, 2.75) is 39.3 Å². The second-order valence-corrected chi connectivity index (χ2v) is 14.9. The van der Waals surface area contributed by atoms with Gasteiger partial charge in [-0.25, -0.2) is 0 Å². The highest BCUT2D eigenvalue weighted by molar-refractivity contribution is 6.74. The van der Waals surface area contributed by atoms with E-state index in [2.05, 4.69) is 19.6 Å². The third-order valence-electron chi connectivity index (χ3n) is 1.79. The lowest BCUT2D eigenvalue weighted by Gasteiger charge is -2.27. The lowest BCUT2D eigenvalue weighted by molar-refractivity contribution is 0.286. The minimum atomic E-state index is -1.93. The largest absolute Gasteiger partial charge is 0.442 e. The molecule has 0 aliphatic rings. The fourth-order valence-corrected chi connectivity index (χ4v) is 11.5. The molecular weight excluding hydrogens is 260 g/mol. The van der Waals surface area contributed by atoms with Crippen LogP contribution in [0.2, 0.25) is 39.3 Å². The molecule has 0 aromatic carbocycles. The van der Waals surface area contributed by atoms with Gasteiger partial charge >= 0.3 is 8.56 Å². The van der Waals surface area contributed by atoms with Gasteiger partial charge in [0, 0.05) is 7.11 Å². The van der Waals surface area contributed by atoms with Crippen molar-refractivity contribution in [3.8, 4) is 0 Å². The average molecular weight is 285 g/mol. The van der Waals surface area contributed by atoms with Crippen molar-refractivity contribution in [3.05, 3.63) is 0 Å². The Bertz CT molecular complexity index is 178. The zero-order valence-corrected chi connectivity index (χ0v) is 15.3. The molecule has 0 aromatic heterocycles. The molecular formula is C7H24O4Si4. The van der Waals surface area contributed by atoms with Crippen molar-refractivity contribution in [1.82, 2.24) is 0 Å². The molecule has 15 heavy (non-hydrogen) atoms. The van der Waals surface area contributed by atoms with Crippen LogP contribution in [0.15, 0.2) is 0 Å². The summed E-state index contributed by atoms with van der Waals surface area (Å²) < 4.78 is 22.7. The molecule has 0 heterocycles. The van der Waals surface area contributed by atoms with E-state index in [0.29, 0.717) is 0 Å². The highest BCUT2D eigenvalue weighted by Gasteiger charge is 2.27. The van der Waals surface area contributed by atoms with Crippen LogP contribution < -0.4 is 0 Å². The molecule has 0 N–H and O–H groups in total. The van der Waals surface area contributed by atoms with E-state index in [1.807, 2.05) is 19.6 Å². The molecule has 0 saturated heterocycles. The van der Waals surface area contributed by atoms with E-state index in [4.69, 9.17) is 16.8 Å². The molecule has 92 valence electrons. The molecule has 0 amide bonds. The highest BCUT2D eigenvalue weighted by atomic mass is 28.5. The third-order valence-corrected chi connectivity index (χ3v) is 13.1. The summed E-state index contributed by atoms with van der Waals surface area (Å²) >= 11 is 0. The van der Waals surface area contributed by atoms with E-state index in [1.54, 1.807) is 7.11 Å². The fraction of sp³-hybridized carbons (Fsp3) is 1.00. The van der Waals surface area contributed by atoms with Crippen LogP contribution in [0.25, 0.3) is 0 Å². The van der Waals surface area contributed by atoms with Crippen LogP contribution in [-0.4, -0.2) is 43.3 Å². The first kappa shape index (κ1) is 15.7. The molecule has 2 unspecified atom stereocenters. The third kappa shape index (κ3) is 8.51. The fourth-order valence-electron chi connectivity index (χ4n) is 1.16. The molecule has 0 bridgehead atoms. The van der Waals surface area contributed by atoms with Gasteiger partial charge in [0.15, 0.2) is 9.04 Å². The molecule has 0 aliphatic heterocycles. The second-order valence-electron chi connectivity index (χ2n) is 4.18. The Kier molecular flexibility index (Phi) is 7.45. The van der Waals surface area contributed by atoms with Crippen LogP contribution >= 0.6 is 0 Å². The zero-order valence-electron chi connectivity index (χ0n) is 10.9. The minimum absolute atomic E-state index is 0.964. The molecule has 0 radical (unpaired) electrons. The van der Waals surface area contributed by atoms with Gasteiger partial charge in [-0.3, -0.25) is 0 Å². The molecule has 4 nitrogen and oxygen atoms in total. The Morgan fingerprint density at radius 2 is 1.40 bits per heavy atom. The lowest BCUT2D eigenvalue weighted by atomic mass is 11.8. The van der Waals surface area contributed by atoms with Gasteiger partial charge in [0.25, 0.3) is 18.6 Å². The SMILES string of the molecule is CO[Si](C)(C)O[SiH](C)O[SiH](C)O[SiH](C)C. The van der Waals surface area contributed by atoms with E-state index in [0.717, 1.165) is 0 Å². The molecule has 0 saturated carbocycles. The zero-order chi connectivity index (χ0) is 12.1. The Hall–Kier alpha value is 0.708. The van der Waals surface area contributed by atoms with E-state index >= 15 is 0 Å². The summed E-state index contributed by atoms with van der Waals surface area (Å²) in [4.78, 5) is 0. The highest BCUT2D eigenvalue weighted by Crippen LogP contribution is 2.08. The first-order valence-electron chi connectivity index (χ1n) is 5.30. The molecule has 0 fully saturated rings. The van der Waals surface area contributed by atoms with E-state index in [-0.39, 0.29) is 0 Å². The monoisotopic (exact) mass is 284 g/mol. The molecule has 8 heteroatoms. The van der Waals surface area contributed by atoms with Gasteiger partial charge in [-0.1, -0.05) is 0 Å². The summed E-state index contributed by atoms with van der Waals surface area (Å²) in [5.74, 6) is 0. The summed E-state index contributed by atoms with van der Waals surface area (Å²) in [6.07, 6.45) is 0. The Morgan fingerprint density at radius 3 is 1.80 bits per heavy atom. The lowest BCUT2D eigenvalue weighted by Crippen LogP contribution is -2.43. The number of hydrogen-bond donors (Lipinski definition) is 0. The van der Waals surface area contributed by atoms with Crippen molar-refractivity contribution in [2.24, 2.45) is 0 Å². The van der Waals surface area contributed by atoms with E-state index in [9.17, 15) is 0 Å². The van der Waals surface area contributed by atoms with Gasteiger partial charge in [-0.05, 0) is 39.3 Å². The van der Waals surface area contributed by atoms with E-state index < -0.39 is 36.2 Å². The predicted octanol–water partition coefficient (Wildman–Crippen LogP) is 1.07. The average Bonchev–Trinajstić information content (AvgIpc) is 2.00. The van der Waals surface area contributed by atoms with Crippen LogP contribution in [0.5, 0.6) is 0 Å². The van der Waals surface area contributed by atoms with Crippen molar-refractivity contribution in [2.75, 3.05) is 7.11 Å². The van der Waals surface area contributed by atoms with Gasteiger partial charge in [0.1, 0.15) is 0 Å². The predicted molar refractivity (Wildman–Crippen MR) is 72.6 cm³/mol. The van der Waals surface area contributed by atoms with Gasteiger partial charge in [0.2, 0.25) is 0 Å². The van der Waals surface area contributed by atoms with Crippen molar-refractivity contribution in [1.29, 1.82) is 0 Å². The van der Waals surface area contributed by atoms with Crippen molar-refractivity contribution < 1.29 is 16.8 Å². The summed E-state index contributed by atoms with van der Waals surface area (Å²) in [6.45, 7) is 12.5. The molecule has 2 atom stereocenters. The van der Waals surface area contributed by atoms with Gasteiger partial charge in [-0.2, -0.15) is 0 Å². The van der Waals surface area contributed by atoms with Crippen LogP contribution in [0.1, 0.15) is 0 Å².